The Morgan fingerprint density at radius 3 is 1.44 bits per heavy atom. The molecule has 4 radical (unpaired) electrons. The molecule has 0 rings (SSSR count). The molecule has 0 N–H and O–H groups in total. The van der Waals surface area contributed by atoms with Crippen molar-refractivity contribution in [1.82, 2.24) is 0 Å². The first kappa shape index (κ1) is 43.0. The number of unbranched alkanes of at least 4 members (excludes halogenated alkanes) is 15. The van der Waals surface area contributed by atoms with E-state index in [1.807, 2.05) is 0 Å². The summed E-state index contributed by atoms with van der Waals surface area (Å²) in [4.78, 5) is 11.5. The Balaban J connectivity index is 4.91. The predicted octanol–water partition coefficient (Wildman–Crippen LogP) is 11.8. The normalized spacial score (nSPS) is 12.1. The second kappa shape index (κ2) is 29.4. The van der Waals surface area contributed by atoms with Gasteiger partial charge in [-0.25, -0.2) is 4.79 Å². The summed E-state index contributed by atoms with van der Waals surface area (Å²) in [6.45, 7) is 17.4. The lowest BCUT2D eigenvalue weighted by molar-refractivity contribution is -0.138. The van der Waals surface area contributed by atoms with Crippen LogP contribution in [0.2, 0.25) is 49.4 Å². The van der Waals surface area contributed by atoms with Gasteiger partial charge < -0.3 is 13.0 Å². The number of hydrogen-bond donors (Lipinski definition) is 0. The average Bonchev–Trinajstić information content (AvgIpc) is 2.98. The Hall–Kier alpha value is -0.00247. The standard InChI is InChI=1S/C35H72O4Si4/c1-8-11-14-17-20-23-30-43(31-24-21-18-15-12-9-2,32-25-22-19-16-13-10-3)39-41-29-33-42(6,7)38-40-28-26-27-37-35(36)34(4)5/h4,8-33H2,1-3,5-7H3. The predicted molar refractivity (Wildman–Crippen MR) is 196 cm³/mol. The van der Waals surface area contributed by atoms with E-state index in [0.717, 1.165) is 18.5 Å². The van der Waals surface area contributed by atoms with Crippen LogP contribution >= 0.6 is 0 Å². The van der Waals surface area contributed by atoms with Gasteiger partial charge in [0.1, 0.15) is 0 Å². The Bertz CT molecular complexity index is 619. The maximum atomic E-state index is 11.5. The van der Waals surface area contributed by atoms with Crippen LogP contribution in [-0.2, 0) is 17.8 Å². The molecule has 4 nitrogen and oxygen atoms in total. The van der Waals surface area contributed by atoms with Gasteiger partial charge in [0.05, 0.1) is 6.61 Å². The molecule has 0 saturated carbocycles. The molecule has 0 heterocycles. The lowest BCUT2D eigenvalue weighted by Gasteiger charge is -2.33. The third kappa shape index (κ3) is 26.9. The molecule has 0 aliphatic carbocycles. The topological polar surface area (TPSA) is 44.8 Å². The van der Waals surface area contributed by atoms with Crippen molar-refractivity contribution in [3.63, 3.8) is 0 Å². The highest BCUT2D eigenvalue weighted by Crippen LogP contribution is 2.31. The van der Waals surface area contributed by atoms with E-state index < -0.39 is 16.6 Å². The van der Waals surface area contributed by atoms with Gasteiger partial charge in [0.25, 0.3) is 0 Å². The zero-order chi connectivity index (χ0) is 32.1. The summed E-state index contributed by atoms with van der Waals surface area (Å²) in [5, 5.41) is 0. The van der Waals surface area contributed by atoms with Gasteiger partial charge in [0.2, 0.25) is 19.5 Å². The molecule has 0 bridgehead atoms. The van der Waals surface area contributed by atoms with Crippen molar-refractivity contribution in [2.45, 2.75) is 199 Å². The molecule has 0 aromatic carbocycles. The van der Waals surface area contributed by atoms with E-state index in [9.17, 15) is 4.79 Å². The maximum absolute atomic E-state index is 11.5. The van der Waals surface area contributed by atoms with Gasteiger partial charge >= 0.3 is 5.97 Å². The van der Waals surface area contributed by atoms with Crippen molar-refractivity contribution < 1.29 is 17.8 Å². The Morgan fingerprint density at radius 2 is 1.00 bits per heavy atom. The molecule has 0 aromatic heterocycles. The molecule has 0 aliphatic heterocycles. The van der Waals surface area contributed by atoms with E-state index >= 15 is 0 Å². The zero-order valence-electron chi connectivity index (χ0n) is 29.7. The first-order valence-electron chi connectivity index (χ1n) is 18.4. The summed E-state index contributed by atoms with van der Waals surface area (Å²) in [5.41, 5.74) is 0.466. The van der Waals surface area contributed by atoms with E-state index in [1.165, 1.54) is 140 Å². The molecule has 0 spiro atoms. The van der Waals surface area contributed by atoms with Crippen molar-refractivity contribution in [3.05, 3.63) is 12.2 Å². The van der Waals surface area contributed by atoms with Crippen molar-refractivity contribution in [3.8, 4) is 0 Å². The molecule has 0 unspecified atom stereocenters. The quantitative estimate of drug-likeness (QED) is 0.0302. The largest absolute Gasteiger partial charge is 0.462 e. The molecule has 0 amide bonds. The number of esters is 1. The first-order valence-corrected chi connectivity index (χ1v) is 26.2. The highest BCUT2D eigenvalue weighted by molar-refractivity contribution is 6.78. The fourth-order valence-electron chi connectivity index (χ4n) is 5.50. The van der Waals surface area contributed by atoms with Gasteiger partial charge in [-0.15, -0.1) is 0 Å². The molecule has 0 aliphatic rings. The Kier molecular flexibility index (Phi) is 29.4. The van der Waals surface area contributed by atoms with Gasteiger partial charge in [-0.3, -0.25) is 0 Å². The van der Waals surface area contributed by atoms with Crippen LogP contribution in [0.5, 0.6) is 0 Å². The highest BCUT2D eigenvalue weighted by atomic mass is 28.4. The van der Waals surface area contributed by atoms with Crippen LogP contribution in [0.1, 0.15) is 150 Å². The molecule has 8 heteroatoms. The molecule has 0 atom stereocenters. The molecular weight excluding hydrogens is 597 g/mol. The maximum Gasteiger partial charge on any atom is 0.333 e. The molecule has 43 heavy (non-hydrogen) atoms. The van der Waals surface area contributed by atoms with Crippen LogP contribution < -0.4 is 0 Å². The van der Waals surface area contributed by atoms with Crippen molar-refractivity contribution in [1.29, 1.82) is 0 Å². The number of carbonyl (C=O) groups is 1. The lowest BCUT2D eigenvalue weighted by atomic mass is 10.1. The third-order valence-corrected chi connectivity index (χ3v) is 20.3. The second-order valence-electron chi connectivity index (χ2n) is 13.5. The van der Waals surface area contributed by atoms with Crippen LogP contribution in [0.25, 0.3) is 0 Å². The van der Waals surface area contributed by atoms with Crippen LogP contribution in [0.4, 0.5) is 0 Å². The van der Waals surface area contributed by atoms with Gasteiger partial charge in [-0.1, -0.05) is 143 Å². The second-order valence-corrected chi connectivity index (χ2v) is 24.6. The van der Waals surface area contributed by atoms with E-state index in [-0.39, 0.29) is 5.97 Å². The van der Waals surface area contributed by atoms with Crippen LogP contribution in [0.15, 0.2) is 12.2 Å². The van der Waals surface area contributed by atoms with Crippen LogP contribution in [-0.4, -0.2) is 48.7 Å². The number of ether oxygens (including phenoxy) is 1. The minimum absolute atomic E-state index is 0.288. The summed E-state index contributed by atoms with van der Waals surface area (Å²) in [5.74, 6) is -0.288. The molecule has 0 saturated heterocycles. The highest BCUT2D eigenvalue weighted by Gasteiger charge is 2.33. The monoisotopic (exact) mass is 668 g/mol. The third-order valence-electron chi connectivity index (χ3n) is 8.43. The minimum Gasteiger partial charge on any atom is -0.462 e. The van der Waals surface area contributed by atoms with E-state index in [1.54, 1.807) is 6.92 Å². The minimum atomic E-state index is -1.71. The number of rotatable bonds is 33. The zero-order valence-corrected chi connectivity index (χ0v) is 33.7. The SMILES string of the molecule is C=C(C)C(=O)OCCC[Si]O[Si](C)(C)CC[Si]O[Si](CCCCCCCC)(CCCCCCCC)CCCCCCCC. The fraction of sp³-hybridized carbons (Fsp3) is 0.914. The summed E-state index contributed by atoms with van der Waals surface area (Å²) >= 11 is 0. The molecule has 0 fully saturated rings. The molecule has 252 valence electrons. The summed E-state index contributed by atoms with van der Waals surface area (Å²) in [6.07, 6.45) is 25.8. The Labute approximate surface area is 276 Å². The smallest absolute Gasteiger partial charge is 0.333 e. The van der Waals surface area contributed by atoms with Crippen molar-refractivity contribution >= 4 is 42.1 Å². The molecule has 0 aromatic rings. The fourth-order valence-corrected chi connectivity index (χ4v) is 17.3. The Morgan fingerprint density at radius 1 is 0.581 bits per heavy atom. The van der Waals surface area contributed by atoms with Crippen LogP contribution in [0.3, 0.4) is 0 Å². The van der Waals surface area contributed by atoms with Gasteiger partial charge in [0.15, 0.2) is 16.6 Å². The van der Waals surface area contributed by atoms with Gasteiger partial charge in [-0.2, -0.15) is 0 Å². The lowest BCUT2D eigenvalue weighted by Crippen LogP contribution is -2.40. The average molecular weight is 669 g/mol. The first-order chi connectivity index (χ1) is 20.7. The van der Waals surface area contributed by atoms with Crippen molar-refractivity contribution in [2.75, 3.05) is 6.61 Å². The van der Waals surface area contributed by atoms with E-state index in [2.05, 4.69) is 40.4 Å². The van der Waals surface area contributed by atoms with Gasteiger partial charge in [0, 0.05) is 5.57 Å². The number of carbonyl (C=O) groups excluding carboxylic acids is 1. The number of hydrogen-bond acceptors (Lipinski definition) is 4. The van der Waals surface area contributed by atoms with E-state index in [0.29, 0.717) is 31.7 Å². The van der Waals surface area contributed by atoms with Crippen molar-refractivity contribution in [2.24, 2.45) is 0 Å². The van der Waals surface area contributed by atoms with Gasteiger partial charge in [-0.05, 0) is 62.7 Å². The summed E-state index contributed by atoms with van der Waals surface area (Å²) in [6, 6.07) is 7.49. The summed E-state index contributed by atoms with van der Waals surface area (Å²) < 4.78 is 18.8. The summed E-state index contributed by atoms with van der Waals surface area (Å²) in [7, 11) is -2.27. The molecular formula is C35H72O4Si4. The van der Waals surface area contributed by atoms with Crippen LogP contribution in [0, 0.1) is 0 Å². The van der Waals surface area contributed by atoms with E-state index in [4.69, 9.17) is 13.0 Å².